The highest BCUT2D eigenvalue weighted by atomic mass is 32.2. The predicted octanol–water partition coefficient (Wildman–Crippen LogP) is 5.15. The van der Waals surface area contributed by atoms with Crippen molar-refractivity contribution in [1.29, 1.82) is 0 Å². The number of nitrogens with one attached hydrogen (secondary N) is 1. The van der Waals surface area contributed by atoms with Crippen LogP contribution in [0.1, 0.15) is 12.7 Å². The second-order valence-electron chi connectivity index (χ2n) is 6.39. The third kappa shape index (κ3) is 4.67. The van der Waals surface area contributed by atoms with E-state index in [4.69, 9.17) is 9.15 Å². The third-order valence-electron chi connectivity index (χ3n) is 4.30. The maximum atomic E-state index is 12.4. The quantitative estimate of drug-likeness (QED) is 0.326. The molecule has 0 bridgehead atoms. The van der Waals surface area contributed by atoms with Crippen LogP contribution in [-0.4, -0.2) is 22.6 Å². The number of nitro groups is 1. The summed E-state index contributed by atoms with van der Waals surface area (Å²) in [5, 5.41) is 14.0. The molecule has 9 heteroatoms. The zero-order valence-electron chi connectivity index (χ0n) is 16.4. The van der Waals surface area contributed by atoms with Crippen LogP contribution in [0.5, 0.6) is 5.75 Å². The van der Waals surface area contributed by atoms with Gasteiger partial charge in [0.25, 0.3) is 11.6 Å². The number of rotatable bonds is 6. The standard InChI is InChI=1S/C22H17N3O5S/c1-2-29-19-6-4-3-5-17(19)23-22-24-21(26)20(31-22)13-16-11-12-18(30-16)14-7-9-15(10-8-14)25(27)28/h3-13H,2H2,1H3,(H,23,24,26)/b20-13+. The van der Waals surface area contributed by atoms with E-state index in [2.05, 4.69) is 10.3 Å². The minimum atomic E-state index is -0.455. The maximum Gasteiger partial charge on any atom is 0.269 e. The summed E-state index contributed by atoms with van der Waals surface area (Å²) in [5.74, 6) is 1.40. The van der Waals surface area contributed by atoms with Crippen molar-refractivity contribution in [3.63, 3.8) is 0 Å². The van der Waals surface area contributed by atoms with Gasteiger partial charge in [-0.3, -0.25) is 14.9 Å². The molecule has 1 aromatic heterocycles. The maximum absolute atomic E-state index is 12.4. The highest BCUT2D eigenvalue weighted by Gasteiger charge is 2.24. The number of ether oxygens (including phenoxy) is 1. The Bertz CT molecular complexity index is 1200. The van der Waals surface area contributed by atoms with Gasteiger partial charge >= 0.3 is 0 Å². The van der Waals surface area contributed by atoms with E-state index < -0.39 is 4.92 Å². The van der Waals surface area contributed by atoms with E-state index in [-0.39, 0.29) is 11.6 Å². The Hall–Kier alpha value is -3.85. The molecule has 8 nitrogen and oxygen atoms in total. The Morgan fingerprint density at radius 1 is 1.16 bits per heavy atom. The van der Waals surface area contributed by atoms with Gasteiger partial charge in [-0.15, -0.1) is 0 Å². The number of amides is 1. The lowest BCUT2D eigenvalue weighted by molar-refractivity contribution is -0.384. The van der Waals surface area contributed by atoms with Gasteiger partial charge in [0.2, 0.25) is 0 Å². The number of furan rings is 1. The molecule has 0 saturated carbocycles. The van der Waals surface area contributed by atoms with E-state index in [0.717, 1.165) is 0 Å². The monoisotopic (exact) mass is 435 g/mol. The van der Waals surface area contributed by atoms with Crippen LogP contribution in [0.25, 0.3) is 17.4 Å². The number of carbonyl (C=O) groups excluding carboxylic acids is 1. The number of hydrogen-bond acceptors (Lipinski definition) is 7. The number of hydrogen-bond donors (Lipinski definition) is 1. The lowest BCUT2D eigenvalue weighted by Crippen LogP contribution is -2.19. The molecule has 0 spiro atoms. The summed E-state index contributed by atoms with van der Waals surface area (Å²) in [5.41, 5.74) is 1.34. The van der Waals surface area contributed by atoms with Gasteiger partial charge in [-0.25, -0.2) is 4.99 Å². The minimum absolute atomic E-state index is 0.00870. The highest BCUT2D eigenvalue weighted by Crippen LogP contribution is 2.33. The van der Waals surface area contributed by atoms with E-state index in [1.807, 2.05) is 31.2 Å². The van der Waals surface area contributed by atoms with Crippen molar-refractivity contribution in [2.24, 2.45) is 4.99 Å². The molecular weight excluding hydrogens is 418 g/mol. The summed E-state index contributed by atoms with van der Waals surface area (Å²) >= 11 is 1.21. The normalized spacial score (nSPS) is 16.0. The molecule has 156 valence electrons. The lowest BCUT2D eigenvalue weighted by atomic mass is 10.1. The topological polar surface area (TPSA) is 107 Å². The van der Waals surface area contributed by atoms with Crippen LogP contribution in [0.3, 0.4) is 0 Å². The molecule has 2 heterocycles. The largest absolute Gasteiger partial charge is 0.492 e. The van der Waals surface area contributed by atoms with Crippen molar-refractivity contribution in [3.8, 4) is 17.1 Å². The number of thioether (sulfide) groups is 1. The number of carbonyl (C=O) groups is 1. The molecule has 1 aliphatic rings. The summed E-state index contributed by atoms with van der Waals surface area (Å²) in [7, 11) is 0. The first-order valence-corrected chi connectivity index (χ1v) is 10.2. The number of benzene rings is 2. The van der Waals surface area contributed by atoms with Crippen LogP contribution < -0.4 is 10.1 Å². The summed E-state index contributed by atoms with van der Waals surface area (Å²) in [4.78, 5) is 27.6. The van der Waals surface area contributed by atoms with Gasteiger partial charge < -0.3 is 14.5 Å². The molecule has 31 heavy (non-hydrogen) atoms. The van der Waals surface area contributed by atoms with Crippen molar-refractivity contribution in [3.05, 3.63) is 81.4 Å². The molecule has 1 aliphatic heterocycles. The second-order valence-corrected chi connectivity index (χ2v) is 7.42. The van der Waals surface area contributed by atoms with Gasteiger partial charge in [0.05, 0.1) is 16.4 Å². The van der Waals surface area contributed by atoms with Gasteiger partial charge in [0.15, 0.2) is 5.17 Å². The molecule has 1 N–H and O–H groups in total. The van der Waals surface area contributed by atoms with Crippen LogP contribution in [0.15, 0.2) is 75.0 Å². The molecule has 4 rings (SSSR count). The molecular formula is C22H17N3O5S. The first-order valence-electron chi connectivity index (χ1n) is 9.39. The average Bonchev–Trinajstić information content (AvgIpc) is 3.36. The number of nitro benzene ring substituents is 1. The first-order chi connectivity index (χ1) is 15.0. The molecule has 0 unspecified atom stereocenters. The zero-order valence-corrected chi connectivity index (χ0v) is 17.2. The van der Waals surface area contributed by atoms with Gasteiger partial charge in [0, 0.05) is 23.8 Å². The number of amidine groups is 1. The first kappa shape index (κ1) is 20.4. The fourth-order valence-electron chi connectivity index (χ4n) is 2.88. The molecule has 2 aromatic carbocycles. The fourth-order valence-corrected chi connectivity index (χ4v) is 3.69. The van der Waals surface area contributed by atoms with E-state index in [1.165, 1.54) is 23.9 Å². The van der Waals surface area contributed by atoms with Crippen LogP contribution in [0, 0.1) is 10.1 Å². The molecule has 1 saturated heterocycles. The van der Waals surface area contributed by atoms with E-state index in [9.17, 15) is 14.9 Å². The van der Waals surface area contributed by atoms with E-state index in [0.29, 0.717) is 45.2 Å². The smallest absolute Gasteiger partial charge is 0.269 e. The van der Waals surface area contributed by atoms with Crippen LogP contribution >= 0.6 is 11.8 Å². The Balaban J connectivity index is 1.53. The third-order valence-corrected chi connectivity index (χ3v) is 5.21. The molecule has 1 fully saturated rings. The van der Waals surface area contributed by atoms with Crippen LogP contribution in [0.2, 0.25) is 0 Å². The fraction of sp³-hybridized carbons (Fsp3) is 0.0909. The molecule has 0 radical (unpaired) electrons. The number of aliphatic imine (C=N–C) groups is 1. The minimum Gasteiger partial charge on any atom is -0.492 e. The van der Waals surface area contributed by atoms with Crippen molar-refractivity contribution in [1.82, 2.24) is 5.32 Å². The van der Waals surface area contributed by atoms with Gasteiger partial charge in [0.1, 0.15) is 23.0 Å². The van der Waals surface area contributed by atoms with E-state index >= 15 is 0 Å². The highest BCUT2D eigenvalue weighted by molar-refractivity contribution is 8.18. The summed E-state index contributed by atoms with van der Waals surface area (Å²) in [6, 6.07) is 16.9. The molecule has 0 atom stereocenters. The van der Waals surface area contributed by atoms with Crippen molar-refractivity contribution in [2.45, 2.75) is 6.92 Å². The second kappa shape index (κ2) is 8.88. The summed E-state index contributed by atoms with van der Waals surface area (Å²) < 4.78 is 11.4. The summed E-state index contributed by atoms with van der Waals surface area (Å²) in [6.07, 6.45) is 1.63. The van der Waals surface area contributed by atoms with Gasteiger partial charge in [-0.2, -0.15) is 0 Å². The number of para-hydroxylation sites is 2. The molecule has 0 aliphatic carbocycles. The SMILES string of the molecule is CCOc1ccccc1N=C1NC(=O)/C(=C\c2ccc(-c3ccc([N+](=O)[O-])cc3)o2)S1. The Kier molecular flexibility index (Phi) is 5.85. The van der Waals surface area contributed by atoms with Crippen molar-refractivity contribution >= 4 is 40.3 Å². The summed E-state index contributed by atoms with van der Waals surface area (Å²) in [6.45, 7) is 2.41. The number of non-ortho nitro benzene ring substituents is 1. The van der Waals surface area contributed by atoms with Crippen LogP contribution in [-0.2, 0) is 4.79 Å². The Labute approximate surface area is 181 Å². The van der Waals surface area contributed by atoms with Crippen molar-refractivity contribution < 1.29 is 18.9 Å². The van der Waals surface area contributed by atoms with Gasteiger partial charge in [-0.05, 0) is 55.1 Å². The number of nitrogens with zero attached hydrogens (tertiary/aromatic N) is 2. The van der Waals surface area contributed by atoms with E-state index in [1.54, 1.807) is 30.3 Å². The predicted molar refractivity (Wildman–Crippen MR) is 119 cm³/mol. The van der Waals surface area contributed by atoms with Gasteiger partial charge in [-0.1, -0.05) is 12.1 Å². The Morgan fingerprint density at radius 2 is 1.94 bits per heavy atom. The Morgan fingerprint density at radius 3 is 2.68 bits per heavy atom. The zero-order chi connectivity index (χ0) is 21.8. The lowest BCUT2D eigenvalue weighted by Gasteiger charge is -2.06. The van der Waals surface area contributed by atoms with Crippen molar-refractivity contribution in [2.75, 3.05) is 6.61 Å². The van der Waals surface area contributed by atoms with Crippen LogP contribution in [0.4, 0.5) is 11.4 Å². The average molecular weight is 435 g/mol. The molecule has 3 aromatic rings. The molecule has 1 amide bonds.